The molecule has 0 aliphatic rings. The van der Waals surface area contributed by atoms with Crippen LogP contribution in [-0.2, 0) is 14.8 Å². The van der Waals surface area contributed by atoms with E-state index < -0.39 is 28.0 Å². The highest BCUT2D eigenvalue weighted by Gasteiger charge is 2.28. The summed E-state index contributed by atoms with van der Waals surface area (Å²) in [5, 5.41) is 9.80. The number of carbonyl (C=O) groups is 1. The first kappa shape index (κ1) is 27.3. The third kappa shape index (κ3) is 6.67. The summed E-state index contributed by atoms with van der Waals surface area (Å²) >= 11 is 0. The molecule has 0 radical (unpaired) electrons. The van der Waals surface area contributed by atoms with Crippen LogP contribution in [0.15, 0.2) is 57.9 Å². The molecule has 36 heavy (non-hydrogen) atoms. The number of anilines is 2. The maximum atomic E-state index is 13.1. The van der Waals surface area contributed by atoms with Gasteiger partial charge in [0.2, 0.25) is 17.6 Å². The van der Waals surface area contributed by atoms with E-state index in [1.807, 2.05) is 7.05 Å². The second kappa shape index (κ2) is 11.2. The number of hydrogen-bond acceptors (Lipinski definition) is 7. The van der Waals surface area contributed by atoms with Crippen molar-refractivity contribution in [3.63, 3.8) is 0 Å². The normalized spacial score (nSPS) is 13.0. The molecule has 9 nitrogen and oxygen atoms in total. The zero-order valence-corrected chi connectivity index (χ0v) is 21.8. The summed E-state index contributed by atoms with van der Waals surface area (Å²) in [5.41, 5.74) is -0.131. The van der Waals surface area contributed by atoms with Gasteiger partial charge in [0.15, 0.2) is 0 Å². The number of sulfonamides is 1. The van der Waals surface area contributed by atoms with E-state index >= 15 is 0 Å². The maximum Gasteiger partial charge on any atom is 0.261 e. The average Bonchev–Trinajstić information content (AvgIpc) is 3.32. The Morgan fingerprint density at radius 1 is 1.11 bits per heavy atom. The Balaban J connectivity index is 1.80. The molecule has 3 rings (SSSR count). The second-order valence-electron chi connectivity index (χ2n) is 9.61. The molecule has 0 aliphatic heterocycles. The van der Waals surface area contributed by atoms with Crippen molar-refractivity contribution >= 4 is 27.3 Å². The highest BCUT2D eigenvalue weighted by atomic mass is 32.2. The van der Waals surface area contributed by atoms with Gasteiger partial charge in [0.05, 0.1) is 22.0 Å². The van der Waals surface area contributed by atoms with E-state index in [1.165, 1.54) is 32.0 Å². The molecule has 194 valence electrons. The van der Waals surface area contributed by atoms with Gasteiger partial charge in [-0.15, -0.1) is 0 Å². The summed E-state index contributed by atoms with van der Waals surface area (Å²) in [6.45, 7) is 6.33. The summed E-state index contributed by atoms with van der Waals surface area (Å²) in [6, 6.07) is 12.3. The smallest absolute Gasteiger partial charge is 0.261 e. The number of amides is 1. The topological polar surface area (TPSA) is 126 Å². The van der Waals surface area contributed by atoms with Crippen molar-refractivity contribution in [3.8, 4) is 11.4 Å². The predicted octanol–water partition coefficient (Wildman–Crippen LogP) is 4.78. The van der Waals surface area contributed by atoms with Crippen LogP contribution >= 0.6 is 0 Å². The first-order valence-corrected chi connectivity index (χ1v) is 13.0. The van der Waals surface area contributed by atoms with Gasteiger partial charge < -0.3 is 15.2 Å². The molecule has 11 heteroatoms. The van der Waals surface area contributed by atoms with Crippen molar-refractivity contribution < 1.29 is 22.1 Å². The Morgan fingerprint density at radius 3 is 2.47 bits per heavy atom. The fourth-order valence-corrected chi connectivity index (χ4v) is 4.44. The summed E-state index contributed by atoms with van der Waals surface area (Å²) < 4.78 is 47.2. The SMILES string of the molecule is CNC(CC(C)C)c1nc(-c2cccc(S(=O)(=O)Nc3cccc(NC(=O)C(C)(C)CF)c3)c2)no1. The van der Waals surface area contributed by atoms with Crippen molar-refractivity contribution in [1.82, 2.24) is 15.5 Å². The first-order chi connectivity index (χ1) is 16.9. The minimum atomic E-state index is -3.97. The summed E-state index contributed by atoms with van der Waals surface area (Å²) in [5.74, 6) is 0.624. The van der Waals surface area contributed by atoms with Gasteiger partial charge in [-0.05, 0) is 63.6 Å². The van der Waals surface area contributed by atoms with Gasteiger partial charge in [0.25, 0.3) is 10.0 Å². The number of aromatic nitrogens is 2. The Bertz CT molecular complexity index is 1310. The zero-order chi connectivity index (χ0) is 26.5. The van der Waals surface area contributed by atoms with E-state index in [-0.39, 0.29) is 22.4 Å². The van der Waals surface area contributed by atoms with Crippen LogP contribution in [0, 0.1) is 11.3 Å². The molecule has 0 bridgehead atoms. The van der Waals surface area contributed by atoms with Crippen LogP contribution in [-0.4, -0.2) is 38.2 Å². The van der Waals surface area contributed by atoms with E-state index in [0.717, 1.165) is 6.42 Å². The number of nitrogens with one attached hydrogen (secondary N) is 3. The molecule has 3 aromatic rings. The van der Waals surface area contributed by atoms with Crippen LogP contribution in [0.3, 0.4) is 0 Å². The van der Waals surface area contributed by atoms with Gasteiger partial charge in [0.1, 0.15) is 6.67 Å². The average molecular weight is 518 g/mol. The highest BCUT2D eigenvalue weighted by molar-refractivity contribution is 7.92. The van der Waals surface area contributed by atoms with Gasteiger partial charge in [0, 0.05) is 11.3 Å². The lowest BCUT2D eigenvalue weighted by atomic mass is 9.94. The molecule has 1 heterocycles. The van der Waals surface area contributed by atoms with E-state index in [0.29, 0.717) is 23.1 Å². The van der Waals surface area contributed by atoms with Gasteiger partial charge >= 0.3 is 0 Å². The zero-order valence-electron chi connectivity index (χ0n) is 21.0. The van der Waals surface area contributed by atoms with Gasteiger partial charge in [-0.3, -0.25) is 9.52 Å². The van der Waals surface area contributed by atoms with Gasteiger partial charge in [-0.2, -0.15) is 4.98 Å². The number of nitrogens with zero attached hydrogens (tertiary/aromatic N) is 2. The van der Waals surface area contributed by atoms with Crippen molar-refractivity contribution in [2.75, 3.05) is 23.8 Å². The monoisotopic (exact) mass is 517 g/mol. The van der Waals surface area contributed by atoms with E-state index in [1.54, 1.807) is 30.3 Å². The molecule has 1 aromatic heterocycles. The Morgan fingerprint density at radius 2 is 1.81 bits per heavy atom. The second-order valence-corrected chi connectivity index (χ2v) is 11.3. The van der Waals surface area contributed by atoms with Crippen molar-refractivity contribution in [3.05, 3.63) is 54.4 Å². The van der Waals surface area contributed by atoms with E-state index in [9.17, 15) is 17.6 Å². The number of benzene rings is 2. The van der Waals surface area contributed by atoms with Crippen molar-refractivity contribution in [2.45, 2.75) is 45.1 Å². The third-order valence-corrected chi connectivity index (χ3v) is 6.90. The quantitative estimate of drug-likeness (QED) is 0.334. The number of rotatable bonds is 11. The number of halogens is 1. The molecule has 2 aromatic carbocycles. The van der Waals surface area contributed by atoms with Crippen LogP contribution in [0.1, 0.15) is 46.0 Å². The number of hydrogen-bond donors (Lipinski definition) is 3. The van der Waals surface area contributed by atoms with Gasteiger partial charge in [-0.1, -0.05) is 37.2 Å². The molecule has 1 amide bonds. The molecule has 0 aliphatic carbocycles. The minimum absolute atomic E-state index is 0.00620. The molecule has 0 saturated carbocycles. The van der Waals surface area contributed by atoms with E-state index in [4.69, 9.17) is 4.52 Å². The molecular formula is C25H32FN5O4S. The van der Waals surface area contributed by atoms with Crippen LogP contribution in [0.5, 0.6) is 0 Å². The van der Waals surface area contributed by atoms with E-state index in [2.05, 4.69) is 39.3 Å². The van der Waals surface area contributed by atoms with Crippen LogP contribution < -0.4 is 15.4 Å². The first-order valence-electron chi connectivity index (χ1n) is 11.6. The molecule has 0 spiro atoms. The minimum Gasteiger partial charge on any atom is -0.337 e. The molecule has 0 fully saturated rings. The highest BCUT2D eigenvalue weighted by Crippen LogP contribution is 2.26. The summed E-state index contributed by atoms with van der Waals surface area (Å²) in [7, 11) is -2.16. The van der Waals surface area contributed by atoms with Crippen LogP contribution in [0.4, 0.5) is 15.8 Å². The summed E-state index contributed by atoms with van der Waals surface area (Å²) in [6.07, 6.45) is 0.807. The molecule has 3 N–H and O–H groups in total. The lowest BCUT2D eigenvalue weighted by molar-refractivity contribution is -0.124. The van der Waals surface area contributed by atoms with Crippen molar-refractivity contribution in [1.29, 1.82) is 0 Å². The van der Waals surface area contributed by atoms with Gasteiger partial charge in [-0.25, -0.2) is 12.8 Å². The Hall–Kier alpha value is -3.31. The molecule has 0 saturated heterocycles. The maximum absolute atomic E-state index is 13.1. The van der Waals surface area contributed by atoms with Crippen molar-refractivity contribution in [2.24, 2.45) is 11.3 Å². The largest absolute Gasteiger partial charge is 0.337 e. The lowest BCUT2D eigenvalue weighted by Gasteiger charge is -2.19. The Kier molecular flexibility index (Phi) is 8.47. The number of alkyl halides is 1. The fourth-order valence-electron chi connectivity index (χ4n) is 3.35. The van der Waals surface area contributed by atoms with Crippen LogP contribution in [0.2, 0.25) is 0 Å². The summed E-state index contributed by atoms with van der Waals surface area (Å²) in [4.78, 5) is 16.7. The van der Waals surface area contributed by atoms with Crippen LogP contribution in [0.25, 0.3) is 11.4 Å². The lowest BCUT2D eigenvalue weighted by Crippen LogP contribution is -2.32. The standard InChI is InChI=1S/C25H32FN5O4S/c1-16(2)12-21(27-5)23-29-22(30-35-23)17-8-6-11-20(13-17)36(33,34)31-19-10-7-9-18(14-19)28-24(32)25(3,4)15-26/h6-11,13-14,16,21,27,31H,12,15H2,1-5H3,(H,28,32). The third-order valence-electron chi connectivity index (χ3n) is 5.52. The molecule has 1 unspecified atom stereocenters. The fraction of sp³-hybridized carbons (Fsp3) is 0.400. The Labute approximate surface area is 210 Å². The predicted molar refractivity (Wildman–Crippen MR) is 137 cm³/mol. The number of carbonyl (C=O) groups excluding carboxylic acids is 1. The molecule has 1 atom stereocenters. The molecular weight excluding hydrogens is 485 g/mol.